The molecule has 0 amide bonds. The molecular formula is C6H8F2NO3-. The molecule has 0 aliphatic carbocycles. The number of hydrogen-bond acceptors (Lipinski definition) is 3. The molecule has 4 nitrogen and oxygen atoms in total. The van der Waals surface area contributed by atoms with Crippen LogP contribution in [0.15, 0.2) is 0 Å². The Morgan fingerprint density at radius 2 is 2.25 bits per heavy atom. The Labute approximate surface area is 67.4 Å². The maximum absolute atomic E-state index is 12.6. The zero-order valence-corrected chi connectivity index (χ0v) is 6.17. The predicted octanol–water partition coefficient (Wildman–Crippen LogP) is 0.669. The Morgan fingerprint density at radius 1 is 1.67 bits per heavy atom. The average Bonchev–Trinajstić information content (AvgIpc) is 1.94. The van der Waals surface area contributed by atoms with Crippen molar-refractivity contribution in [1.82, 2.24) is 5.06 Å². The molecule has 0 aromatic heterocycles. The summed E-state index contributed by atoms with van der Waals surface area (Å²) in [4.78, 5) is 10.3. The smallest absolute Gasteiger partial charge is 0.320 e. The van der Waals surface area contributed by atoms with Crippen molar-refractivity contribution in [2.45, 2.75) is 24.8 Å². The van der Waals surface area contributed by atoms with Crippen molar-refractivity contribution in [2.24, 2.45) is 0 Å². The number of carboxylic acids is 1. The molecule has 6 heteroatoms. The van der Waals surface area contributed by atoms with Gasteiger partial charge in [0.15, 0.2) is 0 Å². The van der Waals surface area contributed by atoms with E-state index in [2.05, 4.69) is 0 Å². The summed E-state index contributed by atoms with van der Waals surface area (Å²) >= 11 is 0. The lowest BCUT2D eigenvalue weighted by Crippen LogP contribution is -2.47. The molecule has 0 aromatic carbocycles. The van der Waals surface area contributed by atoms with Crippen LogP contribution >= 0.6 is 0 Å². The molecule has 1 atom stereocenters. The molecule has 1 aliphatic rings. The topological polar surface area (TPSA) is 63.6 Å². The molecule has 1 N–H and O–H groups in total. The van der Waals surface area contributed by atoms with E-state index in [0.717, 1.165) is 0 Å². The first-order valence-electron chi connectivity index (χ1n) is 3.47. The number of carbonyl (C=O) groups is 1. The quantitative estimate of drug-likeness (QED) is 0.644. The van der Waals surface area contributed by atoms with E-state index < -0.39 is 37.3 Å². The lowest BCUT2D eigenvalue weighted by Gasteiger charge is -2.41. The van der Waals surface area contributed by atoms with E-state index in [1.165, 1.54) is 0 Å². The first-order valence-corrected chi connectivity index (χ1v) is 3.47. The van der Waals surface area contributed by atoms with Gasteiger partial charge in [0.2, 0.25) is 0 Å². The number of alkyl halides is 2. The number of hydroxylamine groups is 2. The van der Waals surface area contributed by atoms with E-state index in [-0.39, 0.29) is 5.06 Å². The fourth-order valence-electron chi connectivity index (χ4n) is 1.13. The van der Waals surface area contributed by atoms with Crippen LogP contribution in [0.5, 0.6) is 0 Å². The fourth-order valence-corrected chi connectivity index (χ4v) is 1.13. The van der Waals surface area contributed by atoms with Crippen LogP contribution in [0.4, 0.5) is 8.78 Å². The van der Waals surface area contributed by atoms with Crippen LogP contribution in [-0.2, 0) is 4.79 Å². The molecule has 12 heavy (non-hydrogen) atoms. The Hall–Kier alpha value is -0.750. The van der Waals surface area contributed by atoms with Crippen LogP contribution in [-0.4, -0.2) is 34.6 Å². The van der Waals surface area contributed by atoms with Gasteiger partial charge in [0, 0.05) is 12.8 Å². The molecule has 0 radical (unpaired) electrons. The highest BCUT2D eigenvalue weighted by Crippen LogP contribution is 2.31. The fraction of sp³-hybridized carbons (Fsp3) is 0.833. The number of nitrogens with zero attached hydrogens (tertiary/aromatic N) is 1. The average molecular weight is 180 g/mol. The standard InChI is InChI=1S/C6H8F2NO3/c7-6(8)1-2-9(12)4(3-6)5(10)11/h4H,1-3H2,(H,10,11)/q-1. The van der Waals surface area contributed by atoms with Crippen LogP contribution in [0.1, 0.15) is 12.8 Å². The summed E-state index contributed by atoms with van der Waals surface area (Å²) in [6.07, 6.45) is -1.44. The highest BCUT2D eigenvalue weighted by atomic mass is 19.3. The number of aliphatic carboxylic acids is 1. The van der Waals surface area contributed by atoms with Gasteiger partial charge in [0.1, 0.15) is 6.04 Å². The number of rotatable bonds is 1. The van der Waals surface area contributed by atoms with E-state index >= 15 is 0 Å². The third-order valence-electron chi connectivity index (χ3n) is 1.82. The Morgan fingerprint density at radius 3 is 2.67 bits per heavy atom. The summed E-state index contributed by atoms with van der Waals surface area (Å²) in [5, 5.41) is 19.3. The summed E-state index contributed by atoms with van der Waals surface area (Å²) in [6.45, 7) is -0.413. The second-order valence-corrected chi connectivity index (χ2v) is 2.80. The maximum atomic E-state index is 12.6. The molecule has 0 bridgehead atoms. The van der Waals surface area contributed by atoms with Gasteiger partial charge in [0.05, 0.1) is 0 Å². The van der Waals surface area contributed by atoms with Crippen molar-refractivity contribution in [1.29, 1.82) is 0 Å². The second kappa shape index (κ2) is 2.95. The molecule has 1 rings (SSSR count). The minimum absolute atomic E-state index is 0.194. The molecule has 0 saturated carbocycles. The molecule has 0 aromatic rings. The van der Waals surface area contributed by atoms with E-state index in [9.17, 15) is 18.8 Å². The van der Waals surface area contributed by atoms with E-state index in [1.807, 2.05) is 0 Å². The van der Waals surface area contributed by atoms with Gasteiger partial charge < -0.3 is 15.4 Å². The second-order valence-electron chi connectivity index (χ2n) is 2.80. The summed E-state index contributed by atoms with van der Waals surface area (Å²) in [6, 6.07) is -1.59. The minimum atomic E-state index is -3.01. The van der Waals surface area contributed by atoms with Gasteiger partial charge in [-0.05, 0) is 6.54 Å². The highest BCUT2D eigenvalue weighted by Gasteiger charge is 2.40. The molecule has 1 fully saturated rings. The summed E-state index contributed by atoms with van der Waals surface area (Å²) in [5.41, 5.74) is 0. The Kier molecular flexibility index (Phi) is 2.29. The van der Waals surface area contributed by atoms with Crippen molar-refractivity contribution in [2.75, 3.05) is 6.54 Å². The van der Waals surface area contributed by atoms with Gasteiger partial charge in [-0.1, -0.05) is 0 Å². The predicted molar refractivity (Wildman–Crippen MR) is 35.7 cm³/mol. The van der Waals surface area contributed by atoms with E-state index in [1.54, 1.807) is 0 Å². The van der Waals surface area contributed by atoms with E-state index in [0.29, 0.717) is 0 Å². The van der Waals surface area contributed by atoms with Crippen molar-refractivity contribution < 1.29 is 18.7 Å². The Bertz CT molecular complexity index is 197. The molecule has 70 valence electrons. The van der Waals surface area contributed by atoms with Gasteiger partial charge in [-0.15, -0.1) is 0 Å². The van der Waals surface area contributed by atoms with Crippen LogP contribution < -0.4 is 0 Å². The third-order valence-corrected chi connectivity index (χ3v) is 1.82. The maximum Gasteiger partial charge on any atom is 0.320 e. The van der Waals surface area contributed by atoms with Gasteiger partial charge in [-0.25, -0.2) is 8.78 Å². The van der Waals surface area contributed by atoms with Crippen molar-refractivity contribution >= 4 is 5.97 Å². The van der Waals surface area contributed by atoms with Crippen molar-refractivity contribution in [3.63, 3.8) is 0 Å². The lowest BCUT2D eigenvalue weighted by molar-refractivity contribution is -0.151. The van der Waals surface area contributed by atoms with Gasteiger partial charge in [-0.3, -0.25) is 4.79 Å². The monoisotopic (exact) mass is 180 g/mol. The number of piperidine rings is 1. The summed E-state index contributed by atoms with van der Waals surface area (Å²) < 4.78 is 25.1. The zero-order valence-electron chi connectivity index (χ0n) is 6.17. The van der Waals surface area contributed by atoms with Crippen LogP contribution in [0.3, 0.4) is 0 Å². The van der Waals surface area contributed by atoms with Crippen LogP contribution in [0.25, 0.3) is 0 Å². The lowest BCUT2D eigenvalue weighted by atomic mass is 10.0. The number of hydrogen-bond donors (Lipinski definition) is 1. The molecule has 1 unspecified atom stereocenters. The number of halogens is 2. The molecule has 0 spiro atoms. The molecule has 1 saturated heterocycles. The Balaban J connectivity index is 2.66. The van der Waals surface area contributed by atoms with Gasteiger partial charge in [0.25, 0.3) is 5.92 Å². The van der Waals surface area contributed by atoms with Crippen molar-refractivity contribution in [3.05, 3.63) is 5.21 Å². The minimum Gasteiger partial charge on any atom is -0.785 e. The van der Waals surface area contributed by atoms with Gasteiger partial charge in [-0.2, -0.15) is 0 Å². The molecule has 1 heterocycles. The first-order chi connectivity index (χ1) is 5.42. The van der Waals surface area contributed by atoms with Crippen LogP contribution in [0.2, 0.25) is 0 Å². The third kappa shape index (κ3) is 1.89. The van der Waals surface area contributed by atoms with Crippen LogP contribution in [0, 0.1) is 5.21 Å². The largest absolute Gasteiger partial charge is 0.785 e. The summed E-state index contributed by atoms with van der Waals surface area (Å²) in [5.74, 6) is -4.49. The number of carboxylic acid groups (broad SMARTS) is 1. The highest BCUT2D eigenvalue weighted by molar-refractivity contribution is 5.73. The normalized spacial score (nSPS) is 30.1. The van der Waals surface area contributed by atoms with Crippen molar-refractivity contribution in [3.8, 4) is 0 Å². The SMILES string of the molecule is O=C(O)C1CC(F)(F)CCN1[O-]. The molecule has 1 aliphatic heterocycles. The molecular weight excluding hydrogens is 172 g/mol. The van der Waals surface area contributed by atoms with Gasteiger partial charge >= 0.3 is 5.97 Å². The summed E-state index contributed by atoms with van der Waals surface area (Å²) in [7, 11) is 0. The first kappa shape index (κ1) is 9.34. The van der Waals surface area contributed by atoms with E-state index in [4.69, 9.17) is 5.11 Å². The zero-order chi connectivity index (χ0) is 9.35.